The zero-order chi connectivity index (χ0) is 11.0. The first-order valence-electron chi connectivity index (χ1n) is 5.64. The van der Waals surface area contributed by atoms with Crippen LogP contribution in [0.15, 0.2) is 23.3 Å². The highest BCUT2D eigenvalue weighted by Gasteiger charge is 1.92. The van der Waals surface area contributed by atoms with Crippen LogP contribution in [0, 0.1) is 12.8 Å². The molecule has 0 fully saturated rings. The highest BCUT2D eigenvalue weighted by atomic mass is 14.0. The Kier molecular flexibility index (Phi) is 7.55. The molecule has 0 bridgehead atoms. The highest BCUT2D eigenvalue weighted by molar-refractivity contribution is 5.02. The van der Waals surface area contributed by atoms with Crippen molar-refractivity contribution >= 4 is 0 Å². The second-order valence-corrected chi connectivity index (χ2v) is 4.55. The molecule has 0 saturated carbocycles. The third kappa shape index (κ3) is 9.57. The van der Waals surface area contributed by atoms with Crippen molar-refractivity contribution in [2.75, 3.05) is 0 Å². The molecule has 1 atom stereocenters. The largest absolute Gasteiger partial charge is 0.0856 e. The summed E-state index contributed by atoms with van der Waals surface area (Å²) in [5.41, 5.74) is 2.94. The lowest BCUT2D eigenvalue weighted by atomic mass is 10.0. The summed E-state index contributed by atoms with van der Waals surface area (Å²) in [4.78, 5) is 0. The minimum absolute atomic E-state index is 0.580. The Balaban J connectivity index is 3.62. The average Bonchev–Trinajstić information content (AvgIpc) is 2.02. The molecule has 0 aliphatic rings. The molecule has 0 saturated heterocycles. The van der Waals surface area contributed by atoms with Gasteiger partial charge in [-0.2, -0.15) is 0 Å². The lowest BCUT2D eigenvalue weighted by Crippen LogP contribution is -1.85. The van der Waals surface area contributed by atoms with Crippen LogP contribution in [0.25, 0.3) is 0 Å². The first-order valence-corrected chi connectivity index (χ1v) is 5.64. The standard InChI is InChI=1S/C14H25/c1-12(2)8-6-10-14(5)11-7-9-13(3)4/h9-10,12H,1,6-8,11H2,2-5H3/b14-10+. The van der Waals surface area contributed by atoms with Crippen molar-refractivity contribution < 1.29 is 0 Å². The van der Waals surface area contributed by atoms with Gasteiger partial charge in [0.15, 0.2) is 0 Å². The fourth-order valence-corrected chi connectivity index (χ4v) is 1.30. The molecule has 0 nitrogen and oxygen atoms in total. The molecule has 0 heteroatoms. The molecule has 1 radical (unpaired) electrons. The highest BCUT2D eigenvalue weighted by Crippen LogP contribution is 2.10. The predicted octanol–water partition coefficient (Wildman–Crippen LogP) is 4.93. The monoisotopic (exact) mass is 193 g/mol. The van der Waals surface area contributed by atoms with Crippen molar-refractivity contribution in [1.29, 1.82) is 0 Å². The molecular formula is C14H25. The summed E-state index contributed by atoms with van der Waals surface area (Å²) in [7, 11) is 0. The molecule has 0 heterocycles. The zero-order valence-corrected chi connectivity index (χ0v) is 10.3. The molecule has 81 valence electrons. The SMILES string of the molecule is [CH2]C(C)CC/C=C(\C)CCC=C(C)C. The Morgan fingerprint density at radius 2 is 1.79 bits per heavy atom. The van der Waals surface area contributed by atoms with E-state index in [1.54, 1.807) is 0 Å². The summed E-state index contributed by atoms with van der Waals surface area (Å²) < 4.78 is 0. The van der Waals surface area contributed by atoms with E-state index in [9.17, 15) is 0 Å². The minimum atomic E-state index is 0.580. The smallest absolute Gasteiger partial charge is 0.0288 e. The lowest BCUT2D eigenvalue weighted by Gasteiger charge is -2.02. The molecule has 1 unspecified atom stereocenters. The van der Waals surface area contributed by atoms with Crippen LogP contribution < -0.4 is 0 Å². The van der Waals surface area contributed by atoms with Crippen molar-refractivity contribution in [2.24, 2.45) is 5.92 Å². The second kappa shape index (κ2) is 7.84. The Bertz CT molecular complexity index is 190. The maximum Gasteiger partial charge on any atom is -0.0288 e. The normalized spacial score (nSPS) is 12.0. The van der Waals surface area contributed by atoms with Crippen molar-refractivity contribution in [3.05, 3.63) is 30.2 Å². The van der Waals surface area contributed by atoms with Gasteiger partial charge >= 0.3 is 0 Å². The Labute approximate surface area is 90.1 Å². The van der Waals surface area contributed by atoms with Gasteiger partial charge in [-0.1, -0.05) is 37.1 Å². The van der Waals surface area contributed by atoms with Crippen LogP contribution >= 0.6 is 0 Å². The average molecular weight is 193 g/mol. The van der Waals surface area contributed by atoms with E-state index >= 15 is 0 Å². The topological polar surface area (TPSA) is 0 Å². The summed E-state index contributed by atoms with van der Waals surface area (Å²) in [5, 5.41) is 0. The molecule has 14 heavy (non-hydrogen) atoms. The summed E-state index contributed by atoms with van der Waals surface area (Å²) in [6.07, 6.45) is 9.45. The molecule has 0 N–H and O–H groups in total. The van der Waals surface area contributed by atoms with Crippen LogP contribution in [-0.2, 0) is 0 Å². The van der Waals surface area contributed by atoms with Crippen molar-refractivity contribution in [3.63, 3.8) is 0 Å². The van der Waals surface area contributed by atoms with Crippen molar-refractivity contribution in [3.8, 4) is 0 Å². The molecule has 0 aliphatic carbocycles. The van der Waals surface area contributed by atoms with E-state index in [2.05, 4.69) is 46.8 Å². The number of rotatable bonds is 6. The van der Waals surface area contributed by atoms with Crippen LogP contribution in [0.2, 0.25) is 0 Å². The molecule has 0 amide bonds. The van der Waals surface area contributed by atoms with Crippen molar-refractivity contribution in [2.45, 2.75) is 53.4 Å². The number of hydrogen-bond acceptors (Lipinski definition) is 0. The van der Waals surface area contributed by atoms with E-state index in [1.165, 1.54) is 36.8 Å². The molecular weight excluding hydrogens is 168 g/mol. The second-order valence-electron chi connectivity index (χ2n) is 4.55. The predicted molar refractivity (Wildman–Crippen MR) is 66.2 cm³/mol. The van der Waals surface area contributed by atoms with Crippen LogP contribution in [-0.4, -0.2) is 0 Å². The first-order chi connectivity index (χ1) is 6.52. The van der Waals surface area contributed by atoms with Gasteiger partial charge in [0, 0.05) is 0 Å². The van der Waals surface area contributed by atoms with Gasteiger partial charge in [-0.3, -0.25) is 0 Å². The molecule has 0 aliphatic heterocycles. The van der Waals surface area contributed by atoms with Crippen LogP contribution in [0.5, 0.6) is 0 Å². The van der Waals surface area contributed by atoms with E-state index in [-0.39, 0.29) is 0 Å². The van der Waals surface area contributed by atoms with Crippen molar-refractivity contribution in [1.82, 2.24) is 0 Å². The fourth-order valence-electron chi connectivity index (χ4n) is 1.30. The van der Waals surface area contributed by atoms with Crippen LogP contribution in [0.4, 0.5) is 0 Å². The van der Waals surface area contributed by atoms with E-state index in [1.807, 2.05) is 0 Å². The zero-order valence-electron chi connectivity index (χ0n) is 10.3. The van der Waals surface area contributed by atoms with Crippen LogP contribution in [0.3, 0.4) is 0 Å². The Hall–Kier alpha value is -0.520. The van der Waals surface area contributed by atoms with E-state index in [4.69, 9.17) is 0 Å². The van der Waals surface area contributed by atoms with Gasteiger partial charge in [-0.15, -0.1) is 0 Å². The van der Waals surface area contributed by atoms with E-state index in [0.717, 1.165) is 0 Å². The maximum atomic E-state index is 3.98. The Morgan fingerprint density at radius 3 is 2.29 bits per heavy atom. The van der Waals surface area contributed by atoms with Gasteiger partial charge in [0.2, 0.25) is 0 Å². The summed E-state index contributed by atoms with van der Waals surface area (Å²) in [6, 6.07) is 0. The molecule has 0 aromatic carbocycles. The first kappa shape index (κ1) is 13.5. The molecule has 0 spiro atoms. The van der Waals surface area contributed by atoms with Gasteiger partial charge in [0.25, 0.3) is 0 Å². The van der Waals surface area contributed by atoms with Gasteiger partial charge in [-0.25, -0.2) is 0 Å². The van der Waals surface area contributed by atoms with E-state index < -0.39 is 0 Å². The lowest BCUT2D eigenvalue weighted by molar-refractivity contribution is 0.651. The van der Waals surface area contributed by atoms with Gasteiger partial charge < -0.3 is 0 Å². The molecule has 0 rings (SSSR count). The summed E-state index contributed by atoms with van der Waals surface area (Å²) >= 11 is 0. The summed E-state index contributed by atoms with van der Waals surface area (Å²) in [5.74, 6) is 0.580. The van der Waals surface area contributed by atoms with Gasteiger partial charge in [0.05, 0.1) is 0 Å². The number of hydrogen-bond donors (Lipinski definition) is 0. The molecule has 0 aromatic rings. The van der Waals surface area contributed by atoms with E-state index in [0.29, 0.717) is 5.92 Å². The maximum absolute atomic E-state index is 3.98. The fraction of sp³-hybridized carbons (Fsp3) is 0.643. The quantitative estimate of drug-likeness (QED) is 0.525. The van der Waals surface area contributed by atoms with Gasteiger partial charge in [-0.05, 0) is 52.4 Å². The third-order valence-corrected chi connectivity index (χ3v) is 2.24. The summed E-state index contributed by atoms with van der Waals surface area (Å²) in [6.45, 7) is 12.7. The third-order valence-electron chi connectivity index (χ3n) is 2.24. The van der Waals surface area contributed by atoms with Crippen LogP contribution in [0.1, 0.15) is 53.4 Å². The van der Waals surface area contributed by atoms with Gasteiger partial charge in [0.1, 0.15) is 0 Å². The Morgan fingerprint density at radius 1 is 1.14 bits per heavy atom. The minimum Gasteiger partial charge on any atom is -0.0856 e. The number of allylic oxidation sites excluding steroid dienone is 4. The molecule has 0 aromatic heterocycles.